The Bertz CT molecular complexity index is 1080. The summed E-state index contributed by atoms with van der Waals surface area (Å²) in [5.41, 5.74) is 28.5. The lowest BCUT2D eigenvalue weighted by Crippen LogP contribution is -2.55. The maximum Gasteiger partial charge on any atom is 0.243 e. The number of carbonyl (C=O) groups is 4. The van der Waals surface area contributed by atoms with Crippen molar-refractivity contribution in [2.24, 2.45) is 39.6 Å². The number of ether oxygens (including phenoxy) is 1. The highest BCUT2D eigenvalue weighted by Crippen LogP contribution is 2.16. The Morgan fingerprint density at radius 2 is 1.54 bits per heavy atom. The standard InChI is InChI=1S/C26H42N10O5/c27-9-1-3-20(24(39)34-19(22(30)37)4-2-10-33-26(31)32)35-23(38)18(25(40)36-11-13-41-14-12-36)15-16-5-7-17(8-6-16)21(28)29/h5-8,18-20H,1-4,9-15,27H2,(H3,28,29)(H2,30,37)(H,34,39)(H,35,38)(H4,31,32,33)/t18?,19-,20-/m0/s1. The second-order valence-corrected chi connectivity index (χ2v) is 9.71. The van der Waals surface area contributed by atoms with Crippen LogP contribution in [-0.4, -0.2) is 91.8 Å². The van der Waals surface area contributed by atoms with Crippen molar-refractivity contribution in [1.82, 2.24) is 15.5 Å². The van der Waals surface area contributed by atoms with Gasteiger partial charge in [0.1, 0.15) is 23.8 Å². The topological polar surface area (TPSA) is 271 Å². The predicted molar refractivity (Wildman–Crippen MR) is 153 cm³/mol. The summed E-state index contributed by atoms with van der Waals surface area (Å²) < 4.78 is 5.34. The van der Waals surface area contributed by atoms with Crippen molar-refractivity contribution in [2.75, 3.05) is 39.4 Å². The number of morpholine rings is 1. The van der Waals surface area contributed by atoms with Gasteiger partial charge in [-0.3, -0.25) is 29.6 Å². The van der Waals surface area contributed by atoms with E-state index in [0.717, 1.165) is 0 Å². The lowest BCUT2D eigenvalue weighted by molar-refractivity contribution is -0.146. The quantitative estimate of drug-likeness (QED) is 0.0439. The maximum absolute atomic E-state index is 13.6. The van der Waals surface area contributed by atoms with E-state index < -0.39 is 41.6 Å². The molecule has 2 rings (SSSR count). The first kappa shape index (κ1) is 33.0. The molecule has 0 bridgehead atoms. The molecule has 1 heterocycles. The van der Waals surface area contributed by atoms with Gasteiger partial charge in [0.2, 0.25) is 23.6 Å². The van der Waals surface area contributed by atoms with Crippen molar-refractivity contribution in [2.45, 2.75) is 44.2 Å². The number of carbonyl (C=O) groups excluding carboxylic acids is 4. The number of nitrogens with zero attached hydrogens (tertiary/aromatic N) is 2. The summed E-state index contributed by atoms with van der Waals surface area (Å²) in [6, 6.07) is 4.59. The molecule has 1 aromatic carbocycles. The average Bonchev–Trinajstić information content (AvgIpc) is 2.95. The largest absolute Gasteiger partial charge is 0.384 e. The molecule has 0 aliphatic carbocycles. The number of benzene rings is 1. The van der Waals surface area contributed by atoms with Crippen molar-refractivity contribution in [3.8, 4) is 0 Å². The average molecular weight is 575 g/mol. The number of aliphatic imine (C=N–C) groups is 1. The number of guanidine groups is 1. The Balaban J connectivity index is 2.22. The van der Waals surface area contributed by atoms with Crippen LogP contribution in [0.15, 0.2) is 29.3 Å². The molecule has 1 unspecified atom stereocenters. The van der Waals surface area contributed by atoms with Gasteiger partial charge in [-0.25, -0.2) is 0 Å². The minimum atomic E-state index is -1.14. The SMILES string of the molecule is N=C(N)c1ccc(CC(C(=O)N[C@@H](CCCN)C(=O)N[C@@H](CCCN=C(N)N)C(N)=O)C(=O)N2CCOCC2)cc1. The molecule has 15 nitrogen and oxygen atoms in total. The normalized spacial score (nSPS) is 15.2. The number of nitrogen functional groups attached to an aromatic ring is 1. The van der Waals surface area contributed by atoms with E-state index >= 15 is 0 Å². The van der Waals surface area contributed by atoms with Crippen LogP contribution in [-0.2, 0) is 30.3 Å². The molecule has 1 fully saturated rings. The van der Waals surface area contributed by atoms with E-state index in [-0.39, 0.29) is 44.1 Å². The maximum atomic E-state index is 13.6. The summed E-state index contributed by atoms with van der Waals surface area (Å²) in [5.74, 6) is -3.75. The van der Waals surface area contributed by atoms with Gasteiger partial charge in [0, 0.05) is 25.2 Å². The summed E-state index contributed by atoms with van der Waals surface area (Å²) in [6.45, 7) is 1.88. The number of amides is 4. The molecule has 3 atom stereocenters. The van der Waals surface area contributed by atoms with Gasteiger partial charge in [-0.05, 0) is 44.2 Å². The number of nitrogens with one attached hydrogen (secondary N) is 3. The Morgan fingerprint density at radius 1 is 0.927 bits per heavy atom. The number of hydrogen-bond acceptors (Lipinski definition) is 8. The van der Waals surface area contributed by atoms with E-state index in [9.17, 15) is 19.2 Å². The zero-order chi connectivity index (χ0) is 30.4. The minimum absolute atomic E-state index is 0.0557. The van der Waals surface area contributed by atoms with Gasteiger partial charge in [-0.2, -0.15) is 0 Å². The van der Waals surface area contributed by atoms with Gasteiger partial charge in [0.15, 0.2) is 5.96 Å². The summed E-state index contributed by atoms with van der Waals surface area (Å²) in [5, 5.41) is 12.9. The number of amidine groups is 1. The Kier molecular flexibility index (Phi) is 13.5. The fraction of sp³-hybridized carbons (Fsp3) is 0.538. The van der Waals surface area contributed by atoms with E-state index in [1.54, 1.807) is 29.2 Å². The lowest BCUT2D eigenvalue weighted by atomic mass is 9.95. The molecule has 41 heavy (non-hydrogen) atoms. The highest BCUT2D eigenvalue weighted by Gasteiger charge is 2.34. The lowest BCUT2D eigenvalue weighted by Gasteiger charge is -2.31. The van der Waals surface area contributed by atoms with Crippen LogP contribution in [0.2, 0.25) is 0 Å². The molecule has 4 amide bonds. The van der Waals surface area contributed by atoms with Gasteiger partial charge in [0.25, 0.3) is 0 Å². The molecular formula is C26H42N10O5. The van der Waals surface area contributed by atoms with Gasteiger partial charge in [-0.15, -0.1) is 0 Å². The molecular weight excluding hydrogens is 532 g/mol. The minimum Gasteiger partial charge on any atom is -0.384 e. The fourth-order valence-electron chi connectivity index (χ4n) is 4.28. The molecule has 13 N–H and O–H groups in total. The molecule has 226 valence electrons. The molecule has 0 spiro atoms. The zero-order valence-corrected chi connectivity index (χ0v) is 23.1. The number of hydrogen-bond donors (Lipinski definition) is 8. The molecule has 0 aromatic heterocycles. The Morgan fingerprint density at radius 3 is 2.10 bits per heavy atom. The summed E-state index contributed by atoms with van der Waals surface area (Å²) in [7, 11) is 0. The molecule has 1 aliphatic heterocycles. The first-order chi connectivity index (χ1) is 19.5. The predicted octanol–water partition coefficient (Wildman–Crippen LogP) is -2.76. The molecule has 0 radical (unpaired) electrons. The van der Waals surface area contributed by atoms with Gasteiger partial charge in [0.05, 0.1) is 13.2 Å². The van der Waals surface area contributed by atoms with Crippen LogP contribution in [0.25, 0.3) is 0 Å². The zero-order valence-electron chi connectivity index (χ0n) is 23.1. The van der Waals surface area contributed by atoms with Crippen LogP contribution in [0.3, 0.4) is 0 Å². The third-order valence-corrected chi connectivity index (χ3v) is 6.58. The second-order valence-electron chi connectivity index (χ2n) is 9.71. The van der Waals surface area contributed by atoms with Crippen LogP contribution < -0.4 is 39.3 Å². The second kappa shape index (κ2) is 16.8. The molecule has 1 aliphatic rings. The summed E-state index contributed by atoms with van der Waals surface area (Å²) in [6.07, 6.45) is 1.20. The Hall–Kier alpha value is -4.24. The highest BCUT2D eigenvalue weighted by molar-refractivity contribution is 6.02. The number of primary amides is 1. The first-order valence-corrected chi connectivity index (χ1v) is 13.5. The fourth-order valence-corrected chi connectivity index (χ4v) is 4.28. The van der Waals surface area contributed by atoms with Gasteiger partial charge in [-0.1, -0.05) is 24.3 Å². The van der Waals surface area contributed by atoms with Crippen LogP contribution in [0.4, 0.5) is 0 Å². The van der Waals surface area contributed by atoms with Crippen LogP contribution >= 0.6 is 0 Å². The summed E-state index contributed by atoms with van der Waals surface area (Å²) >= 11 is 0. The van der Waals surface area contributed by atoms with Crippen molar-refractivity contribution in [3.63, 3.8) is 0 Å². The highest BCUT2D eigenvalue weighted by atomic mass is 16.5. The van der Waals surface area contributed by atoms with Gasteiger partial charge < -0.3 is 48.9 Å². The van der Waals surface area contributed by atoms with Crippen molar-refractivity contribution in [3.05, 3.63) is 35.4 Å². The molecule has 15 heteroatoms. The van der Waals surface area contributed by atoms with Crippen LogP contribution in [0, 0.1) is 11.3 Å². The molecule has 1 saturated heterocycles. The summed E-state index contributed by atoms with van der Waals surface area (Å²) in [4.78, 5) is 57.7. The third kappa shape index (κ3) is 11.0. The molecule has 1 aromatic rings. The van der Waals surface area contributed by atoms with Crippen molar-refractivity contribution in [1.29, 1.82) is 5.41 Å². The van der Waals surface area contributed by atoms with Crippen LogP contribution in [0.1, 0.15) is 36.8 Å². The van der Waals surface area contributed by atoms with E-state index in [2.05, 4.69) is 15.6 Å². The first-order valence-electron chi connectivity index (χ1n) is 13.5. The third-order valence-electron chi connectivity index (χ3n) is 6.58. The van der Waals surface area contributed by atoms with E-state index in [1.165, 1.54) is 0 Å². The number of rotatable bonds is 16. The Labute approximate surface area is 239 Å². The number of nitrogens with two attached hydrogens (primary N) is 5. The van der Waals surface area contributed by atoms with Crippen LogP contribution in [0.5, 0.6) is 0 Å². The smallest absolute Gasteiger partial charge is 0.243 e. The van der Waals surface area contributed by atoms with Crippen molar-refractivity contribution < 1.29 is 23.9 Å². The molecule has 0 saturated carbocycles. The van der Waals surface area contributed by atoms with E-state index in [1.807, 2.05) is 0 Å². The van der Waals surface area contributed by atoms with E-state index in [0.29, 0.717) is 50.3 Å². The monoisotopic (exact) mass is 574 g/mol. The van der Waals surface area contributed by atoms with Crippen molar-refractivity contribution >= 4 is 35.4 Å². The van der Waals surface area contributed by atoms with Gasteiger partial charge >= 0.3 is 0 Å². The van der Waals surface area contributed by atoms with E-state index in [4.69, 9.17) is 38.8 Å².